The minimum absolute atomic E-state index is 0.252. The fourth-order valence-corrected chi connectivity index (χ4v) is 6.53. The van der Waals surface area contributed by atoms with Crippen LogP contribution in [-0.4, -0.2) is 196 Å². The fourth-order valence-electron chi connectivity index (χ4n) is 6.53. The third kappa shape index (κ3) is 18.6. The summed E-state index contributed by atoms with van der Waals surface area (Å²) < 4.78 is 759. The maximum atomic E-state index is 16.0. The summed E-state index contributed by atoms with van der Waals surface area (Å²) in [5.74, 6) is -80.9. The fraction of sp³-hybridized carbons (Fsp3) is 0.744. The van der Waals surface area contributed by atoms with Crippen molar-refractivity contribution < 1.29 is 285 Å². The quantitative estimate of drug-likeness (QED) is 0.0269. The van der Waals surface area contributed by atoms with E-state index in [9.17, 15) is 186 Å². The van der Waals surface area contributed by atoms with Crippen molar-refractivity contribution in [2.45, 2.75) is 184 Å². The first-order chi connectivity index (χ1) is 48.8. The Labute approximate surface area is 577 Å². The molecule has 0 bridgehead atoms. The third-order valence-electron chi connectivity index (χ3n) is 12.4. The number of alkyl halides is 52. The molecule has 0 N–H and O–H groups in total. The largest absolute Gasteiger partial charge is 0.461 e. The molecule has 1 heterocycles. The summed E-state index contributed by atoms with van der Waals surface area (Å²) in [4.78, 5) is 62.1. The van der Waals surface area contributed by atoms with Crippen molar-refractivity contribution in [1.82, 2.24) is 13.7 Å². The number of aromatic nitrogens is 3. The van der Waals surface area contributed by atoms with Crippen LogP contribution in [0.4, 0.5) is 228 Å². The summed E-state index contributed by atoms with van der Waals surface area (Å²) in [5, 5.41) is 0. The Morgan fingerprint density at radius 2 is 0.460 bits per heavy atom. The molecule has 0 aliphatic heterocycles. The Morgan fingerprint density at radius 1 is 0.283 bits per heavy atom. The molecule has 113 heavy (non-hydrogen) atoms. The van der Waals surface area contributed by atoms with Crippen molar-refractivity contribution in [1.29, 1.82) is 0 Å². The van der Waals surface area contributed by atoms with E-state index in [1.165, 1.54) is 0 Å². The van der Waals surface area contributed by atoms with Crippen molar-refractivity contribution >= 4 is 11.9 Å². The number of nitrogens with zero attached hydrogens (tertiary/aromatic N) is 3. The molecule has 0 aliphatic rings. The first-order valence-corrected chi connectivity index (χ1v) is 25.5. The van der Waals surface area contributed by atoms with Gasteiger partial charge in [-0.2, -0.15) is 224 Å². The van der Waals surface area contributed by atoms with E-state index in [0.29, 0.717) is 23.7 Å². The molecule has 0 radical (unpaired) electrons. The number of esters is 2. The lowest BCUT2D eigenvalue weighted by molar-refractivity contribution is -0.610. The number of rotatable bonds is 35. The molecule has 0 aromatic carbocycles. The second-order valence-corrected chi connectivity index (χ2v) is 20.3. The highest BCUT2D eigenvalue weighted by molar-refractivity contribution is 5.81. The van der Waals surface area contributed by atoms with E-state index in [2.05, 4.69) is 22.6 Å². The summed E-state index contributed by atoms with van der Waals surface area (Å²) in [7, 11) is 0. The Hall–Kier alpha value is -7.39. The number of hydrogen-bond acceptors (Lipinski definition) is 15. The van der Waals surface area contributed by atoms with Gasteiger partial charge < -0.3 is 9.47 Å². The van der Waals surface area contributed by atoms with Crippen LogP contribution in [0, 0.1) is 0 Å². The molecule has 0 saturated heterocycles. The summed E-state index contributed by atoms with van der Waals surface area (Å²) in [5.41, 5.74) is -18.6. The molecule has 0 fully saturated rings. The molecule has 1 aromatic heterocycles. The molecule has 9 atom stereocenters. The van der Waals surface area contributed by atoms with Crippen molar-refractivity contribution in [3.05, 3.63) is 68.9 Å². The lowest BCUT2D eigenvalue weighted by atomic mass is 10.1. The van der Waals surface area contributed by atoms with Gasteiger partial charge in [0, 0.05) is 17.7 Å². The van der Waals surface area contributed by atoms with E-state index in [4.69, 9.17) is 0 Å². The topological polar surface area (TPSA) is 192 Å². The highest BCUT2D eigenvalue weighted by atomic mass is 19.5. The first-order valence-electron chi connectivity index (χ1n) is 25.5. The van der Waals surface area contributed by atoms with Crippen LogP contribution in [0.2, 0.25) is 0 Å². The molecule has 0 amide bonds. The SMILES string of the molecule is C=CC(=O)OCCn1c(=O)n(CCOC(=O)C=C)c(=O)n(CC(=C)C(F)(OC(F)(F)C(F)(OC(F)(F)C(F)(OC(F)(F)C(F)(OC(F)(F)C(F)(OC(F)(F)C(F)(OC(F)(F)C(F)(OC(F)(F)C(F)(OC(F)(F)C(C)(F)C(F)(F)F)C(F)(F)F)C(F)(F)F)C(F)(F)F)C(F)(F)F)C(F)(F)F)C(F)(F)F)C(F)(F)F)C(F)(F)F)c1=O. The van der Waals surface area contributed by atoms with Gasteiger partial charge >= 0.3 is 180 Å². The Balaban J connectivity index is 4.52. The average molecular weight is 1810 g/mol. The molecule has 0 aliphatic carbocycles. The standard InChI is InChI=1S/C43H21F52N3O15/c1-5-13(99)104-9-7-96-15(101)97(8-10-105-14(100)6-2)17(103)98(16(96)102)11-12(3)19(45,28(56,57)58)106-37(82,83)20(46,29(59,60)61)108-39(86,87)22(48,31(65,66)67)110-41(90,91)24(50,33(71,72)73)112-43(94,95)26(52,35(77,78)79)113-42(92,93)25(51,34(74,75)76)111-40(88,89)23(49,32(68,69)70)109-38(84,85)21(47,30(62,63)64)107-36(80,81)18(4,44)27(53,54)55/h5-6H,1-3,7-11H2,4H3. The molecule has 9 unspecified atom stereocenters. The van der Waals surface area contributed by atoms with E-state index in [-0.39, 0.29) is 12.2 Å². The van der Waals surface area contributed by atoms with Gasteiger partial charge in [0.2, 0.25) is 0 Å². The number of halogens is 52. The van der Waals surface area contributed by atoms with E-state index in [0.717, 1.165) is 9.47 Å². The number of hydrogen-bond donors (Lipinski definition) is 0. The zero-order valence-electron chi connectivity index (χ0n) is 50.9. The van der Waals surface area contributed by atoms with Crippen LogP contribution < -0.4 is 17.1 Å². The van der Waals surface area contributed by atoms with E-state index in [1.54, 1.807) is 11.3 Å². The summed E-state index contributed by atoms with van der Waals surface area (Å²) in [6, 6.07) is 0. The van der Waals surface area contributed by atoms with Gasteiger partial charge in [0.05, 0.1) is 19.6 Å². The molecular weight excluding hydrogens is 1790 g/mol. The minimum Gasteiger partial charge on any atom is -0.461 e. The number of carbonyl (C=O) groups excluding carboxylic acids is 2. The smallest absolute Gasteiger partial charge is 0.458 e. The Bertz CT molecular complexity index is 3740. The van der Waals surface area contributed by atoms with Crippen LogP contribution in [0.5, 0.6) is 0 Å². The van der Waals surface area contributed by atoms with Gasteiger partial charge in [-0.05, 0) is 6.92 Å². The zero-order chi connectivity index (χ0) is 91.2. The van der Waals surface area contributed by atoms with Crippen LogP contribution in [0.25, 0.3) is 0 Å². The van der Waals surface area contributed by atoms with Gasteiger partial charge in [-0.25, -0.2) is 42.1 Å². The maximum absolute atomic E-state index is 16.0. The summed E-state index contributed by atoms with van der Waals surface area (Å²) >= 11 is 0. The van der Waals surface area contributed by atoms with Crippen LogP contribution in [0.1, 0.15) is 6.92 Å². The second kappa shape index (κ2) is 30.3. The van der Waals surface area contributed by atoms with Crippen LogP contribution >= 0.6 is 0 Å². The van der Waals surface area contributed by atoms with E-state index < -0.39 is 245 Å². The molecular formula is C43H21F52N3O15. The Morgan fingerprint density at radius 3 is 0.628 bits per heavy atom. The lowest BCUT2D eigenvalue weighted by Crippen LogP contribution is -2.74. The van der Waals surface area contributed by atoms with Gasteiger partial charge in [-0.15, -0.1) is 0 Å². The van der Waals surface area contributed by atoms with Gasteiger partial charge in [0.1, 0.15) is 13.2 Å². The second-order valence-electron chi connectivity index (χ2n) is 20.3. The highest BCUT2D eigenvalue weighted by Crippen LogP contribution is 2.66. The van der Waals surface area contributed by atoms with Crippen molar-refractivity contribution in [2.75, 3.05) is 13.2 Å². The molecule has 0 saturated carbocycles. The normalized spacial score (nSPS) is 19.5. The number of ether oxygens (including phenoxy) is 10. The summed E-state index contributed by atoms with van der Waals surface area (Å²) in [6.07, 6.45) is -161. The summed E-state index contributed by atoms with van der Waals surface area (Å²) in [6.45, 7) is -3.92. The molecule has 1 aromatic rings. The van der Waals surface area contributed by atoms with Crippen molar-refractivity contribution in [3.8, 4) is 0 Å². The van der Waals surface area contributed by atoms with Crippen molar-refractivity contribution in [3.63, 3.8) is 0 Å². The van der Waals surface area contributed by atoms with Gasteiger partial charge in [0.25, 0.3) is 5.67 Å². The predicted octanol–water partition coefficient (Wildman–Crippen LogP) is 15.2. The zero-order valence-corrected chi connectivity index (χ0v) is 50.9. The average Bonchev–Trinajstić information content (AvgIpc) is 0.706. The monoisotopic (exact) mass is 1810 g/mol. The first kappa shape index (κ1) is 104. The van der Waals surface area contributed by atoms with Gasteiger partial charge in [-0.3, -0.25) is 37.9 Å². The third-order valence-corrected chi connectivity index (χ3v) is 12.4. The molecule has 1 rings (SSSR count). The lowest BCUT2D eigenvalue weighted by Gasteiger charge is -2.45. The Kier molecular flexibility index (Phi) is 27.8. The van der Waals surface area contributed by atoms with E-state index >= 15 is 65.9 Å². The minimum atomic E-state index is -10.4. The van der Waals surface area contributed by atoms with E-state index in [1.807, 2.05) is 0 Å². The molecule has 662 valence electrons. The van der Waals surface area contributed by atoms with Crippen LogP contribution in [0.3, 0.4) is 0 Å². The predicted molar refractivity (Wildman–Crippen MR) is 234 cm³/mol. The number of carbonyl (C=O) groups is 2. The molecule has 18 nitrogen and oxygen atoms in total. The highest BCUT2D eigenvalue weighted by Gasteiger charge is 2.94. The van der Waals surface area contributed by atoms with Crippen LogP contribution in [-0.2, 0) is 76.6 Å². The maximum Gasteiger partial charge on any atom is 0.458 e. The molecule has 70 heteroatoms. The van der Waals surface area contributed by atoms with Crippen molar-refractivity contribution in [2.24, 2.45) is 0 Å². The van der Waals surface area contributed by atoms with Gasteiger partial charge in [0.15, 0.2) is 0 Å². The van der Waals surface area contributed by atoms with Crippen LogP contribution in [0.15, 0.2) is 51.8 Å². The molecule has 0 spiro atoms. The van der Waals surface area contributed by atoms with Gasteiger partial charge in [-0.1, -0.05) is 19.7 Å².